The van der Waals surface area contributed by atoms with E-state index in [0.717, 1.165) is 25.2 Å². The molecule has 4 rings (SSSR count). The third-order valence-corrected chi connectivity index (χ3v) is 7.67. The molecule has 164 valence electrons. The standard InChI is InChI=1S/C26H33F3O/c1-3-4-5-6-16-7-8-18-12-19(10-9-17(18)11-16)24-22(27)14-20-13-21(30-2)15-23(28)25(20)26(24)29/h13-19H,3-12H2,1-2H3. The maximum absolute atomic E-state index is 15.3. The average molecular weight is 419 g/mol. The Morgan fingerprint density at radius 1 is 0.900 bits per heavy atom. The summed E-state index contributed by atoms with van der Waals surface area (Å²) in [6.45, 7) is 2.24. The molecule has 2 fully saturated rings. The number of rotatable bonds is 6. The summed E-state index contributed by atoms with van der Waals surface area (Å²) in [6, 6.07) is 3.94. The molecule has 0 bridgehead atoms. The minimum absolute atomic E-state index is 0.0927. The summed E-state index contributed by atoms with van der Waals surface area (Å²) in [5.74, 6) is 0.204. The average Bonchev–Trinajstić information content (AvgIpc) is 2.73. The zero-order chi connectivity index (χ0) is 21.3. The van der Waals surface area contributed by atoms with Gasteiger partial charge in [-0.3, -0.25) is 0 Å². The van der Waals surface area contributed by atoms with E-state index in [1.807, 2.05) is 0 Å². The normalized spacial score (nSPS) is 26.6. The molecule has 0 aromatic heterocycles. The molecule has 2 aromatic carbocycles. The maximum Gasteiger partial charge on any atom is 0.140 e. The second-order valence-corrected chi connectivity index (χ2v) is 9.50. The van der Waals surface area contributed by atoms with Gasteiger partial charge in [-0.25, -0.2) is 13.2 Å². The molecule has 0 heterocycles. The molecule has 0 spiro atoms. The lowest BCUT2D eigenvalue weighted by molar-refractivity contribution is 0.111. The highest BCUT2D eigenvalue weighted by Crippen LogP contribution is 2.49. The summed E-state index contributed by atoms with van der Waals surface area (Å²) in [5.41, 5.74) is 0.0927. The van der Waals surface area contributed by atoms with Gasteiger partial charge in [-0.2, -0.15) is 0 Å². The topological polar surface area (TPSA) is 9.23 Å². The molecule has 4 unspecified atom stereocenters. The Bertz CT molecular complexity index is 894. The first kappa shape index (κ1) is 21.5. The summed E-state index contributed by atoms with van der Waals surface area (Å²) >= 11 is 0. The number of ether oxygens (including phenoxy) is 1. The fourth-order valence-electron chi connectivity index (χ4n) is 6.09. The maximum atomic E-state index is 15.3. The van der Waals surface area contributed by atoms with Gasteiger partial charge >= 0.3 is 0 Å². The zero-order valence-electron chi connectivity index (χ0n) is 18.2. The number of hydrogen-bond donors (Lipinski definition) is 0. The van der Waals surface area contributed by atoms with E-state index in [0.29, 0.717) is 11.8 Å². The van der Waals surface area contributed by atoms with Gasteiger partial charge in [0.05, 0.1) is 12.5 Å². The van der Waals surface area contributed by atoms with Gasteiger partial charge in [0.2, 0.25) is 0 Å². The monoisotopic (exact) mass is 418 g/mol. The van der Waals surface area contributed by atoms with Gasteiger partial charge < -0.3 is 4.74 Å². The predicted octanol–water partition coefficient (Wildman–Crippen LogP) is 8.15. The van der Waals surface area contributed by atoms with Crippen LogP contribution in [0, 0.1) is 35.2 Å². The molecule has 4 heteroatoms. The molecule has 0 N–H and O–H groups in total. The summed E-state index contributed by atoms with van der Waals surface area (Å²) in [6.07, 6.45) is 11.6. The first-order valence-electron chi connectivity index (χ1n) is 11.7. The first-order valence-corrected chi connectivity index (χ1v) is 11.7. The summed E-state index contributed by atoms with van der Waals surface area (Å²) < 4.78 is 50.0. The zero-order valence-corrected chi connectivity index (χ0v) is 18.2. The van der Waals surface area contributed by atoms with Crippen LogP contribution in [0.5, 0.6) is 5.75 Å². The van der Waals surface area contributed by atoms with Crippen LogP contribution in [0.2, 0.25) is 0 Å². The highest BCUT2D eigenvalue weighted by molar-refractivity contribution is 5.86. The smallest absolute Gasteiger partial charge is 0.140 e. The third-order valence-electron chi connectivity index (χ3n) is 7.67. The van der Waals surface area contributed by atoms with Crippen molar-refractivity contribution in [1.82, 2.24) is 0 Å². The Morgan fingerprint density at radius 3 is 2.43 bits per heavy atom. The van der Waals surface area contributed by atoms with E-state index in [-0.39, 0.29) is 28.0 Å². The molecule has 2 aliphatic rings. The van der Waals surface area contributed by atoms with E-state index in [2.05, 4.69) is 6.92 Å². The number of halogens is 3. The first-order chi connectivity index (χ1) is 14.5. The van der Waals surface area contributed by atoms with E-state index in [1.54, 1.807) is 0 Å². The molecule has 0 amide bonds. The lowest BCUT2D eigenvalue weighted by atomic mass is 9.63. The predicted molar refractivity (Wildman–Crippen MR) is 115 cm³/mol. The molecule has 4 atom stereocenters. The van der Waals surface area contributed by atoms with Crippen LogP contribution < -0.4 is 4.74 Å². The Morgan fingerprint density at radius 2 is 1.67 bits per heavy atom. The van der Waals surface area contributed by atoms with Crippen molar-refractivity contribution >= 4 is 10.8 Å². The van der Waals surface area contributed by atoms with E-state index < -0.39 is 17.5 Å². The van der Waals surface area contributed by atoms with E-state index in [1.165, 1.54) is 70.3 Å². The van der Waals surface area contributed by atoms with Gasteiger partial charge in [-0.15, -0.1) is 0 Å². The summed E-state index contributed by atoms with van der Waals surface area (Å²) in [7, 11) is 1.42. The lowest BCUT2D eigenvalue weighted by Crippen LogP contribution is -2.31. The number of benzene rings is 2. The Hall–Kier alpha value is -1.71. The Balaban J connectivity index is 1.53. The Labute approximate surface area is 178 Å². The van der Waals surface area contributed by atoms with Crippen LogP contribution in [-0.4, -0.2) is 7.11 Å². The van der Waals surface area contributed by atoms with Crippen LogP contribution in [0.1, 0.15) is 82.6 Å². The fourth-order valence-corrected chi connectivity index (χ4v) is 6.09. The van der Waals surface area contributed by atoms with Crippen molar-refractivity contribution in [2.24, 2.45) is 17.8 Å². The lowest BCUT2D eigenvalue weighted by Gasteiger charge is -2.42. The van der Waals surface area contributed by atoms with Crippen LogP contribution in [0.3, 0.4) is 0 Å². The highest BCUT2D eigenvalue weighted by atomic mass is 19.1. The number of hydrogen-bond acceptors (Lipinski definition) is 1. The molecule has 2 saturated carbocycles. The van der Waals surface area contributed by atoms with E-state index in [4.69, 9.17) is 4.74 Å². The largest absolute Gasteiger partial charge is 0.497 e. The van der Waals surface area contributed by atoms with Gasteiger partial charge in [0.25, 0.3) is 0 Å². The number of fused-ring (bicyclic) bond motifs is 2. The van der Waals surface area contributed by atoms with Crippen molar-refractivity contribution in [2.45, 2.75) is 77.0 Å². The van der Waals surface area contributed by atoms with Crippen molar-refractivity contribution in [3.8, 4) is 5.75 Å². The molecule has 2 aliphatic carbocycles. The van der Waals surface area contributed by atoms with Crippen LogP contribution in [0.25, 0.3) is 10.8 Å². The second kappa shape index (κ2) is 9.20. The van der Waals surface area contributed by atoms with Crippen molar-refractivity contribution < 1.29 is 17.9 Å². The molecule has 0 saturated heterocycles. The van der Waals surface area contributed by atoms with Crippen molar-refractivity contribution in [3.05, 3.63) is 41.2 Å². The van der Waals surface area contributed by atoms with Gasteiger partial charge in [0, 0.05) is 11.6 Å². The number of methoxy groups -OCH3 is 1. The van der Waals surface area contributed by atoms with Gasteiger partial charge in [-0.1, -0.05) is 39.0 Å². The minimum Gasteiger partial charge on any atom is -0.497 e. The van der Waals surface area contributed by atoms with Crippen LogP contribution in [0.4, 0.5) is 13.2 Å². The highest BCUT2D eigenvalue weighted by Gasteiger charge is 2.37. The summed E-state index contributed by atoms with van der Waals surface area (Å²) in [5, 5.41) is 0.0980. The number of unbranched alkanes of at least 4 members (excludes halogenated alkanes) is 2. The summed E-state index contributed by atoms with van der Waals surface area (Å²) in [4.78, 5) is 0. The molecule has 0 aliphatic heterocycles. The van der Waals surface area contributed by atoms with Gasteiger partial charge in [0.1, 0.15) is 23.2 Å². The van der Waals surface area contributed by atoms with Gasteiger partial charge in [0.15, 0.2) is 0 Å². The fraction of sp³-hybridized carbons (Fsp3) is 0.615. The quantitative estimate of drug-likeness (QED) is 0.430. The van der Waals surface area contributed by atoms with E-state index >= 15 is 4.39 Å². The molecule has 0 radical (unpaired) electrons. The van der Waals surface area contributed by atoms with Crippen molar-refractivity contribution in [3.63, 3.8) is 0 Å². The Kier molecular flexibility index (Phi) is 6.60. The minimum atomic E-state index is -0.721. The molecule has 30 heavy (non-hydrogen) atoms. The second-order valence-electron chi connectivity index (χ2n) is 9.50. The van der Waals surface area contributed by atoms with Gasteiger partial charge in [-0.05, 0) is 73.3 Å². The molecule has 1 nitrogen and oxygen atoms in total. The molecular weight excluding hydrogens is 385 g/mol. The molecule has 2 aromatic rings. The van der Waals surface area contributed by atoms with E-state index in [9.17, 15) is 8.78 Å². The van der Waals surface area contributed by atoms with Crippen LogP contribution >= 0.6 is 0 Å². The molecular formula is C26H33F3O. The SMILES string of the molecule is CCCCCC1CCC2CC(c3c(F)cc4cc(OC)cc(F)c4c3F)CCC2C1. The van der Waals surface area contributed by atoms with Crippen LogP contribution in [0.15, 0.2) is 18.2 Å². The van der Waals surface area contributed by atoms with Crippen molar-refractivity contribution in [1.29, 1.82) is 0 Å². The van der Waals surface area contributed by atoms with Crippen molar-refractivity contribution in [2.75, 3.05) is 7.11 Å². The third kappa shape index (κ3) is 4.20. The van der Waals surface area contributed by atoms with Crippen LogP contribution in [-0.2, 0) is 0 Å².